The van der Waals surface area contributed by atoms with E-state index in [4.69, 9.17) is 31.8 Å². The monoisotopic (exact) mass is 945 g/mol. The predicted molar refractivity (Wildman–Crippen MR) is 242 cm³/mol. The van der Waals surface area contributed by atoms with Crippen LogP contribution in [0.25, 0.3) is 22.0 Å². The molecule has 8 rings (SSSR count). The summed E-state index contributed by atoms with van der Waals surface area (Å²) in [5.41, 5.74) is 0.178. The second kappa shape index (κ2) is 18.2. The van der Waals surface area contributed by atoms with Gasteiger partial charge in [0, 0.05) is 41.2 Å². The SMILES string of the molecule is C[C@H]1CC(F)(F)C(NCC(=O)NC(Cc2cc(F)cc(P)c2)c2nc(C#CC(C)(C)SC3CC3)ccc2-c2ccc(Cl)c3c(N[S+]([O-])C4CC4)nn(C4COC4)c23)=C1C(=N)C(F)F. The number of halogens is 6. The number of nitrogens with one attached hydrogen (secondary N) is 4. The minimum Gasteiger partial charge on any atom is -0.593 e. The smallest absolute Gasteiger partial charge is 0.288 e. The number of carbonyl (C=O) groups excluding carboxylic acids is 1. The number of thioether (sulfide) groups is 1. The Bertz CT molecular complexity index is 2540. The van der Waals surface area contributed by atoms with Gasteiger partial charge in [0.15, 0.2) is 0 Å². The maximum absolute atomic E-state index is 15.3. The number of benzene rings is 2. The highest BCUT2D eigenvalue weighted by Crippen LogP contribution is 2.45. The Morgan fingerprint density at radius 3 is 2.54 bits per heavy atom. The maximum atomic E-state index is 15.3. The molecule has 0 bridgehead atoms. The highest BCUT2D eigenvalue weighted by Gasteiger charge is 2.48. The zero-order chi connectivity index (χ0) is 45.0. The molecule has 0 radical (unpaired) electrons. The molecule has 3 unspecified atom stereocenters. The lowest BCUT2D eigenvalue weighted by atomic mass is 9.93. The predicted octanol–water partition coefficient (Wildman–Crippen LogP) is 8.43. The topological polar surface area (TPSA) is 140 Å². The lowest BCUT2D eigenvalue weighted by molar-refractivity contribution is -0.121. The number of carbonyl (C=O) groups is 1. The van der Waals surface area contributed by atoms with E-state index in [1.54, 1.807) is 40.7 Å². The summed E-state index contributed by atoms with van der Waals surface area (Å²) in [7, 11) is 2.45. The molecular weight excluding hydrogens is 900 g/mol. The Kier molecular flexibility index (Phi) is 13.2. The second-order valence-electron chi connectivity index (χ2n) is 17.0. The Morgan fingerprint density at radius 2 is 1.89 bits per heavy atom. The third-order valence-corrected chi connectivity index (χ3v) is 14.8. The number of allylic oxidation sites excluding steroid dienone is 2. The standard InChI is InChI=1S/C44H46ClF5N7O3PS2/c1-22-18-44(49,50)40(35(22)37(51)41(47)48)52-19-34(58)54-33(16-23-14-24(46)17-27(61)15-23)38-30(9-4-25(53-38)12-13-43(2,3)62-28-5-6-28)31-10-11-32(45)36-39(31)57(26-20-60-21-26)55-42(36)56-63(59)29-7-8-29/h4,9-11,14-15,17,22,26,28-29,33,41,51-52H,5-8,16,18-21,61H2,1-3H3,(H,54,58)(H,55,56)/t22-,33?,63?/m0/s1. The van der Waals surface area contributed by atoms with Crippen molar-refractivity contribution in [2.75, 3.05) is 24.5 Å². The van der Waals surface area contributed by atoms with Gasteiger partial charge in [0.25, 0.3) is 12.3 Å². The number of amides is 1. The van der Waals surface area contributed by atoms with Crippen molar-refractivity contribution < 1.29 is 36.0 Å². The van der Waals surface area contributed by atoms with E-state index in [0.29, 0.717) is 73.6 Å². The van der Waals surface area contributed by atoms with Gasteiger partial charge < -0.3 is 19.9 Å². The molecule has 3 heterocycles. The second-order valence-corrected chi connectivity index (χ2v) is 21.5. The molecule has 4 aliphatic rings. The number of hydrogen-bond acceptors (Lipinski definition) is 9. The quantitative estimate of drug-likeness (QED) is 0.0289. The van der Waals surface area contributed by atoms with Gasteiger partial charge in [-0.05, 0) is 86.1 Å². The van der Waals surface area contributed by atoms with Crippen molar-refractivity contribution in [2.24, 2.45) is 5.92 Å². The third kappa shape index (κ3) is 10.3. The molecule has 2 aromatic carbocycles. The number of rotatable bonds is 16. The fourth-order valence-electron chi connectivity index (χ4n) is 7.93. The summed E-state index contributed by atoms with van der Waals surface area (Å²) in [6.45, 7) is 5.36. The molecule has 3 aliphatic carbocycles. The molecule has 1 amide bonds. The van der Waals surface area contributed by atoms with Gasteiger partial charge in [-0.1, -0.05) is 36.6 Å². The Balaban J connectivity index is 1.25. The van der Waals surface area contributed by atoms with E-state index in [-0.39, 0.29) is 17.7 Å². The molecule has 63 heavy (non-hydrogen) atoms. The van der Waals surface area contributed by atoms with Gasteiger partial charge in [-0.15, -0.1) is 26.1 Å². The summed E-state index contributed by atoms with van der Waals surface area (Å²) in [6.07, 6.45) is -0.236. The van der Waals surface area contributed by atoms with Crippen molar-refractivity contribution >= 4 is 77.6 Å². The molecule has 10 nitrogen and oxygen atoms in total. The number of ether oxygens (including phenoxy) is 1. The van der Waals surface area contributed by atoms with Crippen LogP contribution in [0.5, 0.6) is 0 Å². The summed E-state index contributed by atoms with van der Waals surface area (Å²) in [4.78, 5) is 19.1. The number of fused-ring (bicyclic) bond motifs is 1. The molecule has 3 fully saturated rings. The molecule has 334 valence electrons. The van der Waals surface area contributed by atoms with Crippen LogP contribution >= 0.6 is 32.6 Å². The van der Waals surface area contributed by atoms with Crippen LogP contribution < -0.4 is 20.7 Å². The summed E-state index contributed by atoms with van der Waals surface area (Å²) < 4.78 is 96.2. The first-order chi connectivity index (χ1) is 29.9. The minimum absolute atomic E-state index is 0.0114. The van der Waals surface area contributed by atoms with Gasteiger partial charge in [-0.3, -0.25) is 14.9 Å². The molecule has 4 atom stereocenters. The normalized spacial score (nSPS) is 19.7. The molecule has 4 aromatic rings. The summed E-state index contributed by atoms with van der Waals surface area (Å²) in [5, 5.41) is 20.0. The van der Waals surface area contributed by atoms with Crippen molar-refractivity contribution in [3.05, 3.63) is 81.5 Å². The lowest BCUT2D eigenvalue weighted by Crippen LogP contribution is -2.40. The zero-order valence-electron chi connectivity index (χ0n) is 34.6. The molecule has 1 saturated heterocycles. The van der Waals surface area contributed by atoms with E-state index in [9.17, 15) is 22.5 Å². The van der Waals surface area contributed by atoms with Gasteiger partial charge in [0.05, 0.1) is 75.3 Å². The molecule has 1 aliphatic heterocycles. The van der Waals surface area contributed by atoms with Crippen LogP contribution in [-0.4, -0.2) is 78.3 Å². The van der Waals surface area contributed by atoms with E-state index in [1.807, 2.05) is 19.9 Å². The minimum atomic E-state index is -3.59. The fraction of sp³-hybridized carbons (Fsp3) is 0.455. The Labute approximate surface area is 376 Å². The average molecular weight is 946 g/mol. The van der Waals surface area contributed by atoms with Gasteiger partial charge in [-0.2, -0.15) is 13.5 Å². The Morgan fingerprint density at radius 1 is 1.16 bits per heavy atom. The third-order valence-electron chi connectivity index (χ3n) is 11.2. The van der Waals surface area contributed by atoms with Gasteiger partial charge >= 0.3 is 0 Å². The van der Waals surface area contributed by atoms with Crippen molar-refractivity contribution in [1.29, 1.82) is 5.41 Å². The molecular formula is C44H46ClF5N7O3PS2. The average Bonchev–Trinajstić information content (AvgIpc) is 4.12. The van der Waals surface area contributed by atoms with Crippen LogP contribution in [0.15, 0.2) is 53.7 Å². The van der Waals surface area contributed by atoms with Gasteiger partial charge in [-0.25, -0.2) is 18.2 Å². The maximum Gasteiger partial charge on any atom is 0.288 e. The van der Waals surface area contributed by atoms with Crippen molar-refractivity contribution in [2.45, 2.75) is 99.0 Å². The van der Waals surface area contributed by atoms with Crippen LogP contribution in [0.3, 0.4) is 0 Å². The van der Waals surface area contributed by atoms with E-state index >= 15 is 8.78 Å². The first-order valence-corrected chi connectivity index (χ1v) is 23.7. The largest absolute Gasteiger partial charge is 0.593 e. The summed E-state index contributed by atoms with van der Waals surface area (Å²) >= 11 is 7.29. The summed E-state index contributed by atoms with van der Waals surface area (Å²) in [5.74, 6) is 0.924. The lowest BCUT2D eigenvalue weighted by Gasteiger charge is -2.28. The van der Waals surface area contributed by atoms with Crippen molar-refractivity contribution in [3.8, 4) is 23.0 Å². The first kappa shape index (κ1) is 45.7. The molecule has 2 saturated carbocycles. The molecule has 0 spiro atoms. The van der Waals surface area contributed by atoms with Crippen LogP contribution in [0.1, 0.15) is 81.9 Å². The highest BCUT2D eigenvalue weighted by atomic mass is 35.5. The van der Waals surface area contributed by atoms with E-state index in [2.05, 4.69) is 36.4 Å². The van der Waals surface area contributed by atoms with Crippen LogP contribution in [0.4, 0.5) is 27.8 Å². The van der Waals surface area contributed by atoms with Crippen LogP contribution in [0, 0.1) is 29.0 Å². The van der Waals surface area contributed by atoms with Gasteiger partial charge in [0.2, 0.25) is 11.7 Å². The van der Waals surface area contributed by atoms with E-state index < -0.39 is 82.1 Å². The number of hydrogen-bond donors (Lipinski definition) is 4. The number of anilines is 1. The van der Waals surface area contributed by atoms with E-state index in [1.165, 1.54) is 19.1 Å². The fourth-order valence-corrected chi connectivity index (χ4v) is 10.9. The van der Waals surface area contributed by atoms with Crippen molar-refractivity contribution in [1.82, 2.24) is 25.4 Å². The van der Waals surface area contributed by atoms with E-state index in [0.717, 1.165) is 25.7 Å². The van der Waals surface area contributed by atoms with Crippen molar-refractivity contribution in [3.63, 3.8) is 0 Å². The number of aromatic nitrogens is 3. The molecule has 2 aromatic heterocycles. The number of nitrogens with zero attached hydrogens (tertiary/aromatic N) is 3. The number of pyridine rings is 1. The highest BCUT2D eigenvalue weighted by molar-refractivity contribution is 8.01. The summed E-state index contributed by atoms with van der Waals surface area (Å²) in [6, 6.07) is 10.2. The Hall–Kier alpha value is -3.91. The first-order valence-electron chi connectivity index (χ1n) is 20.6. The molecule has 19 heteroatoms. The molecule has 4 N–H and O–H groups in total. The van der Waals surface area contributed by atoms with Gasteiger partial charge in [0.1, 0.15) is 22.5 Å². The van der Waals surface area contributed by atoms with Crippen LogP contribution in [-0.2, 0) is 27.3 Å². The zero-order valence-corrected chi connectivity index (χ0v) is 38.1. The number of alkyl halides is 4. The van der Waals surface area contributed by atoms with Crippen LogP contribution in [0.2, 0.25) is 5.02 Å².